The highest BCUT2D eigenvalue weighted by Gasteiger charge is 2.17. The van der Waals surface area contributed by atoms with Crippen LogP contribution in [0, 0.1) is 0 Å². The molecule has 2 amide bonds. The normalized spacial score (nSPS) is 10.9. The number of benzene rings is 2. The molecule has 34 heavy (non-hydrogen) atoms. The van der Waals surface area contributed by atoms with Crippen molar-refractivity contribution >= 4 is 24.2 Å². The summed E-state index contributed by atoms with van der Waals surface area (Å²) in [4.78, 5) is 33.7. The van der Waals surface area contributed by atoms with Gasteiger partial charge in [0.1, 0.15) is 0 Å². The summed E-state index contributed by atoms with van der Waals surface area (Å²) in [5.41, 5.74) is 8.52. The van der Waals surface area contributed by atoms with Crippen LogP contribution in [0.4, 0.5) is 0 Å². The number of carbonyl (C=O) groups is 2. The van der Waals surface area contributed by atoms with Gasteiger partial charge in [0.25, 0.3) is 11.8 Å². The van der Waals surface area contributed by atoms with Gasteiger partial charge in [-0.05, 0) is 35.4 Å². The lowest BCUT2D eigenvalue weighted by Crippen LogP contribution is -2.20. The quantitative estimate of drug-likeness (QED) is 0.332. The van der Waals surface area contributed by atoms with E-state index in [9.17, 15) is 9.59 Å². The molecule has 0 aliphatic rings. The minimum absolute atomic E-state index is 0.380. The maximum Gasteiger partial charge on any atom is 0.271 e. The van der Waals surface area contributed by atoms with Gasteiger partial charge in [0, 0.05) is 47.0 Å². The second-order valence-corrected chi connectivity index (χ2v) is 7.06. The molecule has 0 atom stereocenters. The SMILES string of the molecule is O=C(N/N=C/c1cccnc1)c1ccccc1-c1ccccc1C(=O)N/N=C/c1cccnc1. The highest BCUT2D eigenvalue weighted by atomic mass is 16.2. The molecule has 2 heterocycles. The van der Waals surface area contributed by atoms with E-state index >= 15 is 0 Å². The molecule has 0 bridgehead atoms. The zero-order chi connectivity index (χ0) is 23.6. The smallest absolute Gasteiger partial charge is 0.267 e. The predicted molar refractivity (Wildman–Crippen MR) is 130 cm³/mol. The third-order valence-electron chi connectivity index (χ3n) is 4.76. The van der Waals surface area contributed by atoms with Gasteiger partial charge in [-0.15, -0.1) is 0 Å². The molecule has 2 aromatic carbocycles. The Morgan fingerprint density at radius 3 is 1.47 bits per heavy atom. The Hall–Kier alpha value is -4.98. The standard InChI is InChI=1S/C26H20N6O2/c33-25(31-29-17-19-7-5-13-27-15-19)23-11-3-1-9-21(23)22-10-2-4-12-24(22)26(34)32-30-18-20-8-6-14-28-16-20/h1-18H,(H,31,33)(H,32,34)/b29-17+,30-18+. The lowest BCUT2D eigenvalue weighted by Gasteiger charge is -2.12. The fourth-order valence-corrected chi connectivity index (χ4v) is 3.19. The molecule has 166 valence electrons. The van der Waals surface area contributed by atoms with Gasteiger partial charge in [0.05, 0.1) is 12.4 Å². The number of nitrogens with one attached hydrogen (secondary N) is 2. The van der Waals surface area contributed by atoms with Crippen molar-refractivity contribution in [2.75, 3.05) is 0 Å². The lowest BCUT2D eigenvalue weighted by molar-refractivity contribution is 0.0946. The zero-order valence-corrected chi connectivity index (χ0v) is 18.0. The summed E-state index contributed by atoms with van der Waals surface area (Å²) < 4.78 is 0. The fraction of sp³-hybridized carbons (Fsp3) is 0. The number of hydrogen-bond acceptors (Lipinski definition) is 6. The van der Waals surface area contributed by atoms with E-state index in [-0.39, 0.29) is 0 Å². The van der Waals surface area contributed by atoms with Crippen LogP contribution in [0.3, 0.4) is 0 Å². The molecule has 0 radical (unpaired) electrons. The molecule has 2 N–H and O–H groups in total. The zero-order valence-electron chi connectivity index (χ0n) is 18.0. The Kier molecular flexibility index (Phi) is 7.22. The first-order valence-corrected chi connectivity index (χ1v) is 10.4. The van der Waals surface area contributed by atoms with Crippen molar-refractivity contribution in [2.45, 2.75) is 0 Å². The molecule has 2 aromatic heterocycles. The largest absolute Gasteiger partial charge is 0.271 e. The van der Waals surface area contributed by atoms with Crippen LogP contribution in [0.15, 0.2) is 108 Å². The topological polar surface area (TPSA) is 109 Å². The second kappa shape index (κ2) is 11.1. The van der Waals surface area contributed by atoms with E-state index < -0.39 is 11.8 Å². The highest BCUT2D eigenvalue weighted by molar-refractivity contribution is 6.06. The summed E-state index contributed by atoms with van der Waals surface area (Å²) >= 11 is 0. The second-order valence-electron chi connectivity index (χ2n) is 7.06. The Morgan fingerprint density at radius 1 is 0.618 bits per heavy atom. The molecular weight excluding hydrogens is 428 g/mol. The van der Waals surface area contributed by atoms with Gasteiger partial charge < -0.3 is 0 Å². The number of hydrazone groups is 2. The fourth-order valence-electron chi connectivity index (χ4n) is 3.19. The Bertz CT molecular complexity index is 1230. The van der Waals surface area contributed by atoms with Crippen molar-refractivity contribution in [3.8, 4) is 11.1 Å². The van der Waals surface area contributed by atoms with Crippen molar-refractivity contribution in [1.82, 2.24) is 20.8 Å². The van der Waals surface area contributed by atoms with E-state index in [1.165, 1.54) is 12.4 Å². The van der Waals surface area contributed by atoms with Gasteiger partial charge in [-0.1, -0.05) is 48.5 Å². The number of pyridine rings is 2. The average molecular weight is 448 g/mol. The van der Waals surface area contributed by atoms with Crippen molar-refractivity contribution in [3.63, 3.8) is 0 Å². The van der Waals surface area contributed by atoms with Crippen LogP contribution in [0.1, 0.15) is 31.8 Å². The van der Waals surface area contributed by atoms with Crippen molar-refractivity contribution in [3.05, 3.63) is 120 Å². The van der Waals surface area contributed by atoms with Crippen LogP contribution in [-0.4, -0.2) is 34.2 Å². The molecule has 0 unspecified atom stereocenters. The third-order valence-corrected chi connectivity index (χ3v) is 4.76. The van der Waals surface area contributed by atoms with Crippen LogP contribution >= 0.6 is 0 Å². The first-order valence-electron chi connectivity index (χ1n) is 10.4. The average Bonchev–Trinajstić information content (AvgIpc) is 2.90. The summed E-state index contributed by atoms with van der Waals surface area (Å²) in [6.07, 6.45) is 9.60. The maximum absolute atomic E-state index is 12.9. The number of hydrogen-bond donors (Lipinski definition) is 2. The molecule has 0 saturated heterocycles. The first kappa shape index (κ1) is 22.2. The van der Waals surface area contributed by atoms with Gasteiger partial charge in [-0.2, -0.15) is 10.2 Å². The van der Waals surface area contributed by atoms with Crippen LogP contribution in [0.5, 0.6) is 0 Å². The minimum Gasteiger partial charge on any atom is -0.267 e. The summed E-state index contributed by atoms with van der Waals surface area (Å²) in [7, 11) is 0. The van der Waals surface area contributed by atoms with Crippen LogP contribution < -0.4 is 10.9 Å². The maximum atomic E-state index is 12.9. The molecule has 4 rings (SSSR count). The minimum atomic E-state index is -0.402. The molecule has 8 nitrogen and oxygen atoms in total. The number of aromatic nitrogens is 2. The van der Waals surface area contributed by atoms with E-state index in [0.29, 0.717) is 22.3 Å². The van der Waals surface area contributed by atoms with E-state index in [4.69, 9.17) is 0 Å². The molecule has 0 aliphatic heterocycles. The van der Waals surface area contributed by atoms with Gasteiger partial charge in [0.2, 0.25) is 0 Å². The third kappa shape index (κ3) is 5.63. The number of rotatable bonds is 7. The highest BCUT2D eigenvalue weighted by Crippen LogP contribution is 2.27. The molecular formula is C26H20N6O2. The van der Waals surface area contributed by atoms with Crippen LogP contribution in [0.25, 0.3) is 11.1 Å². The van der Waals surface area contributed by atoms with Gasteiger partial charge in [0.15, 0.2) is 0 Å². The van der Waals surface area contributed by atoms with Crippen molar-refractivity contribution in [2.24, 2.45) is 10.2 Å². The Labute approximate surface area is 196 Å². The Morgan fingerprint density at radius 2 is 1.06 bits per heavy atom. The first-order chi connectivity index (χ1) is 16.7. The summed E-state index contributed by atoms with van der Waals surface area (Å²) in [6, 6.07) is 21.2. The van der Waals surface area contributed by atoms with Crippen LogP contribution in [0.2, 0.25) is 0 Å². The van der Waals surface area contributed by atoms with E-state index in [1.807, 2.05) is 12.1 Å². The van der Waals surface area contributed by atoms with Gasteiger partial charge in [-0.25, -0.2) is 10.9 Å². The number of carbonyl (C=O) groups excluding carboxylic acids is 2. The van der Waals surface area contributed by atoms with Gasteiger partial charge >= 0.3 is 0 Å². The van der Waals surface area contributed by atoms with Crippen molar-refractivity contribution in [1.29, 1.82) is 0 Å². The predicted octanol–water partition coefficient (Wildman–Crippen LogP) is 3.67. The monoisotopic (exact) mass is 448 g/mol. The van der Waals surface area contributed by atoms with Crippen LogP contribution in [-0.2, 0) is 0 Å². The molecule has 4 aromatic rings. The van der Waals surface area contributed by atoms with Crippen molar-refractivity contribution < 1.29 is 9.59 Å². The van der Waals surface area contributed by atoms with Gasteiger partial charge in [-0.3, -0.25) is 19.6 Å². The summed E-state index contributed by atoms with van der Waals surface area (Å²) in [5, 5.41) is 8.02. The Balaban J connectivity index is 1.55. The molecule has 0 saturated carbocycles. The summed E-state index contributed by atoms with van der Waals surface area (Å²) in [6.45, 7) is 0. The van der Waals surface area contributed by atoms with E-state index in [1.54, 1.807) is 85.5 Å². The number of nitrogens with zero attached hydrogens (tertiary/aromatic N) is 4. The lowest BCUT2D eigenvalue weighted by atomic mass is 9.95. The summed E-state index contributed by atoms with van der Waals surface area (Å²) in [5.74, 6) is -0.805. The molecule has 8 heteroatoms. The molecule has 0 fully saturated rings. The molecule has 0 spiro atoms. The number of amides is 2. The van der Waals surface area contributed by atoms with E-state index in [2.05, 4.69) is 31.0 Å². The van der Waals surface area contributed by atoms with E-state index in [0.717, 1.165) is 11.1 Å². The molecule has 0 aliphatic carbocycles.